The molecule has 0 aliphatic heterocycles. The van der Waals surface area contributed by atoms with Gasteiger partial charge in [0.1, 0.15) is 11.8 Å². The Bertz CT molecular complexity index is 374. The van der Waals surface area contributed by atoms with Crippen LogP contribution in [0.15, 0.2) is 30.3 Å². The fourth-order valence-electron chi connectivity index (χ4n) is 1.07. The van der Waals surface area contributed by atoms with E-state index in [1.807, 2.05) is 0 Å². The largest absolute Gasteiger partial charge is 0.497 e. The van der Waals surface area contributed by atoms with Crippen molar-refractivity contribution >= 4 is 6.08 Å². The second-order valence-electron chi connectivity index (χ2n) is 3.20. The smallest absolute Gasteiger partial charge is 0.407 e. The van der Waals surface area contributed by atoms with E-state index >= 15 is 0 Å². The third kappa shape index (κ3) is 3.58. The number of benzene rings is 1. The van der Waals surface area contributed by atoms with Gasteiger partial charge >= 0.3 is 6.18 Å². The monoisotopic (exact) mass is 231 g/mol. The van der Waals surface area contributed by atoms with Crippen LogP contribution >= 0.6 is 0 Å². The predicted octanol–water partition coefficient (Wildman–Crippen LogP) is 2.60. The number of rotatable bonds is 3. The number of hydrogen-bond donors (Lipinski definition) is 1. The minimum atomic E-state index is -4.41. The zero-order chi connectivity index (χ0) is 12.2. The van der Waals surface area contributed by atoms with E-state index < -0.39 is 12.2 Å². The number of halogens is 3. The third-order valence-corrected chi connectivity index (χ3v) is 1.97. The molecule has 16 heavy (non-hydrogen) atoms. The molecular formula is C11H12F3NO. The summed E-state index contributed by atoms with van der Waals surface area (Å²) in [5.41, 5.74) is 5.54. The summed E-state index contributed by atoms with van der Waals surface area (Å²) in [6.45, 7) is 0. The molecule has 0 saturated heterocycles. The molecule has 0 radical (unpaired) electrons. The Kier molecular flexibility index (Phi) is 3.95. The van der Waals surface area contributed by atoms with Gasteiger partial charge in [-0.15, -0.1) is 0 Å². The van der Waals surface area contributed by atoms with Crippen LogP contribution in [0.25, 0.3) is 6.08 Å². The Morgan fingerprint density at radius 2 is 2.06 bits per heavy atom. The van der Waals surface area contributed by atoms with Gasteiger partial charge in [-0.3, -0.25) is 0 Å². The minimum absolute atomic E-state index is 0.586. The molecule has 0 heterocycles. The summed E-state index contributed by atoms with van der Waals surface area (Å²) in [5, 5.41) is 0. The number of ether oxygens (including phenoxy) is 1. The number of hydrogen-bond acceptors (Lipinski definition) is 2. The van der Waals surface area contributed by atoms with E-state index in [0.29, 0.717) is 11.3 Å². The maximum absolute atomic E-state index is 12.1. The van der Waals surface area contributed by atoms with Crippen LogP contribution in [-0.4, -0.2) is 19.3 Å². The highest BCUT2D eigenvalue weighted by molar-refractivity contribution is 5.52. The second kappa shape index (κ2) is 5.03. The predicted molar refractivity (Wildman–Crippen MR) is 56.1 cm³/mol. The van der Waals surface area contributed by atoms with E-state index in [1.54, 1.807) is 24.3 Å². The van der Waals surface area contributed by atoms with Crippen molar-refractivity contribution in [1.82, 2.24) is 0 Å². The standard InChI is InChI=1S/C11H12F3NO/c1-16-9-4-2-3-8(7-9)5-6-10(15)11(12,13)14/h2-7,10H,15H2,1H3/t10-/m0/s1. The van der Waals surface area contributed by atoms with Crippen molar-refractivity contribution in [3.8, 4) is 5.75 Å². The van der Waals surface area contributed by atoms with Gasteiger partial charge in [0, 0.05) is 0 Å². The molecule has 0 unspecified atom stereocenters. The molecule has 0 amide bonds. The summed E-state index contributed by atoms with van der Waals surface area (Å²) in [6.07, 6.45) is -2.18. The zero-order valence-corrected chi connectivity index (χ0v) is 8.66. The minimum Gasteiger partial charge on any atom is -0.497 e. The molecule has 1 atom stereocenters. The first kappa shape index (κ1) is 12.6. The van der Waals surface area contributed by atoms with E-state index in [2.05, 4.69) is 0 Å². The van der Waals surface area contributed by atoms with Gasteiger partial charge in [0.25, 0.3) is 0 Å². The van der Waals surface area contributed by atoms with E-state index in [1.165, 1.54) is 13.2 Å². The topological polar surface area (TPSA) is 35.2 Å². The van der Waals surface area contributed by atoms with Crippen LogP contribution in [0.5, 0.6) is 5.75 Å². The van der Waals surface area contributed by atoms with Gasteiger partial charge in [-0.2, -0.15) is 13.2 Å². The summed E-state index contributed by atoms with van der Waals surface area (Å²) in [7, 11) is 1.49. The highest BCUT2D eigenvalue weighted by Gasteiger charge is 2.34. The maximum Gasteiger partial charge on any atom is 0.407 e. The van der Waals surface area contributed by atoms with Crippen LogP contribution in [0.4, 0.5) is 13.2 Å². The van der Waals surface area contributed by atoms with Crippen LogP contribution < -0.4 is 10.5 Å². The van der Waals surface area contributed by atoms with Gasteiger partial charge in [-0.1, -0.05) is 24.3 Å². The lowest BCUT2D eigenvalue weighted by Crippen LogP contribution is -2.35. The van der Waals surface area contributed by atoms with Crippen molar-refractivity contribution in [3.05, 3.63) is 35.9 Å². The molecule has 5 heteroatoms. The summed E-state index contributed by atoms with van der Waals surface area (Å²) in [6, 6.07) is 4.75. The quantitative estimate of drug-likeness (QED) is 0.867. The lowest BCUT2D eigenvalue weighted by molar-refractivity contribution is -0.136. The Hall–Kier alpha value is -1.49. The highest BCUT2D eigenvalue weighted by atomic mass is 19.4. The van der Waals surface area contributed by atoms with Crippen molar-refractivity contribution in [2.24, 2.45) is 5.73 Å². The number of nitrogens with two attached hydrogens (primary N) is 1. The average Bonchev–Trinajstić information content (AvgIpc) is 2.25. The van der Waals surface area contributed by atoms with Gasteiger partial charge in [0.15, 0.2) is 0 Å². The summed E-state index contributed by atoms with van der Waals surface area (Å²) in [5.74, 6) is 0.586. The molecule has 0 aromatic heterocycles. The van der Waals surface area contributed by atoms with Crippen LogP contribution in [-0.2, 0) is 0 Å². The lowest BCUT2D eigenvalue weighted by atomic mass is 10.1. The summed E-state index contributed by atoms with van der Waals surface area (Å²) < 4.78 is 41.2. The first-order valence-corrected chi connectivity index (χ1v) is 4.58. The van der Waals surface area contributed by atoms with E-state index in [9.17, 15) is 13.2 Å². The summed E-state index contributed by atoms with van der Waals surface area (Å²) >= 11 is 0. The van der Waals surface area contributed by atoms with Crippen LogP contribution in [0, 0.1) is 0 Å². The van der Waals surface area contributed by atoms with Gasteiger partial charge < -0.3 is 10.5 Å². The maximum atomic E-state index is 12.1. The molecular weight excluding hydrogens is 219 g/mol. The molecule has 0 spiro atoms. The van der Waals surface area contributed by atoms with E-state index in [-0.39, 0.29) is 0 Å². The normalized spacial score (nSPS) is 14.1. The fraction of sp³-hybridized carbons (Fsp3) is 0.273. The van der Waals surface area contributed by atoms with Crippen molar-refractivity contribution < 1.29 is 17.9 Å². The number of alkyl halides is 3. The molecule has 0 bridgehead atoms. The van der Waals surface area contributed by atoms with E-state index in [0.717, 1.165) is 6.08 Å². The van der Waals surface area contributed by atoms with Crippen LogP contribution in [0.3, 0.4) is 0 Å². The molecule has 0 aliphatic rings. The molecule has 88 valence electrons. The highest BCUT2D eigenvalue weighted by Crippen LogP contribution is 2.20. The Labute approximate surface area is 91.5 Å². The van der Waals surface area contributed by atoms with Crippen molar-refractivity contribution in [1.29, 1.82) is 0 Å². The second-order valence-corrected chi connectivity index (χ2v) is 3.20. The molecule has 2 nitrogen and oxygen atoms in total. The third-order valence-electron chi connectivity index (χ3n) is 1.97. The summed E-state index contributed by atoms with van der Waals surface area (Å²) in [4.78, 5) is 0. The zero-order valence-electron chi connectivity index (χ0n) is 8.66. The molecule has 0 saturated carbocycles. The molecule has 0 fully saturated rings. The molecule has 1 aromatic rings. The van der Waals surface area contributed by atoms with Gasteiger partial charge in [-0.05, 0) is 17.7 Å². The fourth-order valence-corrected chi connectivity index (χ4v) is 1.07. The lowest BCUT2D eigenvalue weighted by Gasteiger charge is -2.10. The first-order valence-electron chi connectivity index (χ1n) is 4.58. The van der Waals surface area contributed by atoms with Crippen molar-refractivity contribution in [2.45, 2.75) is 12.2 Å². The van der Waals surface area contributed by atoms with Gasteiger partial charge in [-0.25, -0.2) is 0 Å². The molecule has 2 N–H and O–H groups in total. The Balaban J connectivity index is 2.76. The average molecular weight is 231 g/mol. The van der Waals surface area contributed by atoms with Crippen molar-refractivity contribution in [2.75, 3.05) is 7.11 Å². The first-order chi connectivity index (χ1) is 7.43. The molecule has 1 aromatic carbocycles. The Morgan fingerprint density at radius 1 is 1.38 bits per heavy atom. The van der Waals surface area contributed by atoms with Crippen molar-refractivity contribution in [3.63, 3.8) is 0 Å². The molecule has 1 rings (SSSR count). The number of methoxy groups -OCH3 is 1. The van der Waals surface area contributed by atoms with E-state index in [4.69, 9.17) is 10.5 Å². The molecule has 0 aliphatic carbocycles. The van der Waals surface area contributed by atoms with Crippen LogP contribution in [0.1, 0.15) is 5.56 Å². The van der Waals surface area contributed by atoms with Gasteiger partial charge in [0.05, 0.1) is 7.11 Å². The Morgan fingerprint density at radius 3 is 2.62 bits per heavy atom. The van der Waals surface area contributed by atoms with Gasteiger partial charge in [0.2, 0.25) is 0 Å². The SMILES string of the molecule is COc1cccc(C=C[C@H](N)C(F)(F)F)c1. The van der Waals surface area contributed by atoms with Crippen LogP contribution in [0.2, 0.25) is 0 Å².